The Bertz CT molecular complexity index is 1130. The summed E-state index contributed by atoms with van der Waals surface area (Å²) in [6.07, 6.45) is 1.37. The van der Waals surface area contributed by atoms with Crippen molar-refractivity contribution in [3.8, 4) is 0 Å². The quantitative estimate of drug-likeness (QED) is 0.583. The van der Waals surface area contributed by atoms with Crippen molar-refractivity contribution in [3.05, 3.63) is 65.2 Å². The number of benzene rings is 1. The second kappa shape index (κ2) is 5.66. The Morgan fingerprint density at radius 1 is 1.20 bits per heavy atom. The number of rotatable bonds is 3. The number of hydrogen-bond acceptors (Lipinski definition) is 5. The zero-order valence-electron chi connectivity index (χ0n) is 13.2. The minimum absolute atomic E-state index is 0.114. The minimum Gasteiger partial charge on any atom is -0.303 e. The molecule has 8 heteroatoms. The fourth-order valence-electron chi connectivity index (χ4n) is 2.66. The highest BCUT2D eigenvalue weighted by Crippen LogP contribution is 2.24. The van der Waals surface area contributed by atoms with E-state index in [4.69, 9.17) is 5.41 Å². The van der Waals surface area contributed by atoms with Gasteiger partial charge in [0.15, 0.2) is 11.5 Å². The fourth-order valence-corrected chi connectivity index (χ4v) is 2.66. The molecule has 25 heavy (non-hydrogen) atoms. The molecule has 0 aliphatic heterocycles. The lowest BCUT2D eigenvalue weighted by Gasteiger charge is -2.07. The Balaban J connectivity index is 1.85. The van der Waals surface area contributed by atoms with Gasteiger partial charge in [-0.1, -0.05) is 0 Å². The zero-order valence-corrected chi connectivity index (χ0v) is 13.2. The van der Waals surface area contributed by atoms with Gasteiger partial charge >= 0.3 is 0 Å². The average molecular weight is 338 g/mol. The Hall–Kier alpha value is -3.29. The Labute approximate surface area is 140 Å². The van der Waals surface area contributed by atoms with Crippen molar-refractivity contribution in [3.63, 3.8) is 0 Å². The maximum absolute atomic E-state index is 14.7. The molecule has 1 aromatic carbocycles. The van der Waals surface area contributed by atoms with E-state index >= 15 is 0 Å². The van der Waals surface area contributed by atoms with Crippen LogP contribution in [0.25, 0.3) is 16.6 Å². The van der Waals surface area contributed by atoms with Crippen molar-refractivity contribution in [1.82, 2.24) is 24.8 Å². The van der Waals surface area contributed by atoms with Gasteiger partial charge in [0.2, 0.25) is 0 Å². The second-order valence-electron chi connectivity index (χ2n) is 5.63. The molecule has 0 saturated heterocycles. The van der Waals surface area contributed by atoms with Gasteiger partial charge < -0.3 is 5.41 Å². The molecule has 0 fully saturated rings. The summed E-state index contributed by atoms with van der Waals surface area (Å²) >= 11 is 0. The van der Waals surface area contributed by atoms with Gasteiger partial charge in [0.25, 0.3) is 0 Å². The van der Waals surface area contributed by atoms with Crippen molar-refractivity contribution >= 4 is 22.3 Å². The van der Waals surface area contributed by atoms with E-state index in [-0.39, 0.29) is 28.6 Å². The number of nitrogens with zero attached hydrogens (tertiary/aromatic N) is 5. The van der Waals surface area contributed by atoms with Crippen LogP contribution < -0.4 is 0 Å². The number of halogens is 2. The summed E-state index contributed by atoms with van der Waals surface area (Å²) in [7, 11) is 0. The van der Waals surface area contributed by atoms with Crippen molar-refractivity contribution in [2.24, 2.45) is 0 Å². The van der Waals surface area contributed by atoms with Gasteiger partial charge in [-0.25, -0.2) is 8.78 Å². The van der Waals surface area contributed by atoms with E-state index in [1.165, 1.54) is 16.8 Å². The minimum atomic E-state index is -0.695. The highest BCUT2D eigenvalue weighted by molar-refractivity contribution is 5.94. The standard InChI is InChI=1S/C17H12F2N6/c1-9(20)13-4-5-15-22-23-16(25(15)24-13)7-11-12(18)8-14-10(17(11)19)3-2-6-21-14/h2-6,8,20H,7H2,1H3. The molecule has 0 atom stereocenters. The maximum atomic E-state index is 14.7. The van der Waals surface area contributed by atoms with Crippen LogP contribution in [0.4, 0.5) is 8.78 Å². The molecule has 3 aromatic heterocycles. The first kappa shape index (κ1) is 15.3. The van der Waals surface area contributed by atoms with Gasteiger partial charge in [0, 0.05) is 29.6 Å². The van der Waals surface area contributed by atoms with Gasteiger partial charge in [-0.3, -0.25) is 4.98 Å². The molecule has 0 aliphatic rings. The summed E-state index contributed by atoms with van der Waals surface area (Å²) in [6.45, 7) is 1.61. The predicted octanol–water partition coefficient (Wildman–Crippen LogP) is 2.93. The van der Waals surface area contributed by atoms with E-state index in [2.05, 4.69) is 20.3 Å². The molecule has 0 saturated carbocycles. The predicted molar refractivity (Wildman–Crippen MR) is 87.7 cm³/mol. The molecular weight excluding hydrogens is 326 g/mol. The average Bonchev–Trinajstić information content (AvgIpc) is 3.00. The third kappa shape index (κ3) is 2.51. The van der Waals surface area contributed by atoms with Gasteiger partial charge in [-0.05, 0) is 31.2 Å². The first-order chi connectivity index (χ1) is 12.0. The molecule has 0 radical (unpaired) electrons. The Kier molecular flexibility index (Phi) is 3.45. The highest BCUT2D eigenvalue weighted by atomic mass is 19.1. The van der Waals surface area contributed by atoms with Crippen LogP contribution >= 0.6 is 0 Å². The summed E-state index contributed by atoms with van der Waals surface area (Å²) < 4.78 is 30.5. The topological polar surface area (TPSA) is 79.8 Å². The van der Waals surface area contributed by atoms with Crippen LogP contribution in [-0.4, -0.2) is 30.5 Å². The van der Waals surface area contributed by atoms with Crippen LogP contribution in [-0.2, 0) is 6.42 Å². The lowest BCUT2D eigenvalue weighted by atomic mass is 10.1. The number of pyridine rings is 1. The number of fused-ring (bicyclic) bond motifs is 2. The molecule has 1 N–H and O–H groups in total. The molecule has 0 amide bonds. The normalized spacial score (nSPS) is 11.3. The van der Waals surface area contributed by atoms with Crippen molar-refractivity contribution in [1.29, 1.82) is 5.41 Å². The first-order valence-electron chi connectivity index (χ1n) is 7.53. The zero-order chi connectivity index (χ0) is 17.6. The summed E-state index contributed by atoms with van der Waals surface area (Å²) in [5.74, 6) is -1.07. The largest absolute Gasteiger partial charge is 0.303 e. The molecule has 124 valence electrons. The van der Waals surface area contributed by atoms with Crippen molar-refractivity contribution < 1.29 is 8.78 Å². The smallest absolute Gasteiger partial charge is 0.177 e. The monoisotopic (exact) mass is 338 g/mol. The van der Waals surface area contributed by atoms with Crippen LogP contribution in [0, 0.1) is 17.0 Å². The van der Waals surface area contributed by atoms with Crippen LogP contribution in [0.1, 0.15) is 24.0 Å². The lowest BCUT2D eigenvalue weighted by molar-refractivity contribution is 0.566. The van der Waals surface area contributed by atoms with E-state index in [0.717, 1.165) is 0 Å². The molecular formula is C17H12F2N6. The highest BCUT2D eigenvalue weighted by Gasteiger charge is 2.18. The number of nitrogens with one attached hydrogen (secondary N) is 1. The van der Waals surface area contributed by atoms with Gasteiger partial charge in [0.05, 0.1) is 11.2 Å². The Morgan fingerprint density at radius 3 is 2.84 bits per heavy atom. The third-order valence-corrected chi connectivity index (χ3v) is 3.94. The molecule has 0 bridgehead atoms. The molecule has 0 unspecified atom stereocenters. The summed E-state index contributed by atoms with van der Waals surface area (Å²) in [5, 5.41) is 20.1. The van der Waals surface area contributed by atoms with Crippen LogP contribution in [0.2, 0.25) is 0 Å². The molecule has 4 aromatic rings. The van der Waals surface area contributed by atoms with Gasteiger partial charge in [-0.2, -0.15) is 9.61 Å². The first-order valence-corrected chi connectivity index (χ1v) is 7.53. The molecule has 4 rings (SSSR count). The van der Waals surface area contributed by atoms with E-state index in [0.29, 0.717) is 17.2 Å². The molecule has 6 nitrogen and oxygen atoms in total. The summed E-state index contributed by atoms with van der Waals surface area (Å²) in [5.41, 5.74) is 1.30. The van der Waals surface area contributed by atoms with E-state index < -0.39 is 11.6 Å². The summed E-state index contributed by atoms with van der Waals surface area (Å²) in [6, 6.07) is 7.67. The third-order valence-electron chi connectivity index (χ3n) is 3.94. The maximum Gasteiger partial charge on any atom is 0.177 e. The van der Waals surface area contributed by atoms with E-state index in [1.807, 2.05) is 0 Å². The van der Waals surface area contributed by atoms with E-state index in [1.54, 1.807) is 31.2 Å². The number of aromatic nitrogens is 5. The number of hydrogen-bond donors (Lipinski definition) is 1. The summed E-state index contributed by atoms with van der Waals surface area (Å²) in [4.78, 5) is 3.97. The van der Waals surface area contributed by atoms with Gasteiger partial charge in [-0.15, -0.1) is 10.2 Å². The molecule has 0 aliphatic carbocycles. The lowest BCUT2D eigenvalue weighted by Crippen LogP contribution is -2.07. The van der Waals surface area contributed by atoms with Crippen LogP contribution in [0.3, 0.4) is 0 Å². The molecule has 3 heterocycles. The Morgan fingerprint density at radius 2 is 2.04 bits per heavy atom. The SMILES string of the molecule is CC(=N)c1ccc2nnc(Cc3c(F)cc4ncccc4c3F)n2n1. The van der Waals surface area contributed by atoms with Gasteiger partial charge in [0.1, 0.15) is 17.3 Å². The fraction of sp³-hybridized carbons (Fsp3) is 0.118. The molecule has 0 spiro atoms. The van der Waals surface area contributed by atoms with E-state index in [9.17, 15) is 8.78 Å². The second-order valence-corrected chi connectivity index (χ2v) is 5.63. The van der Waals surface area contributed by atoms with Crippen LogP contribution in [0.5, 0.6) is 0 Å². The van der Waals surface area contributed by atoms with Crippen molar-refractivity contribution in [2.75, 3.05) is 0 Å². The van der Waals surface area contributed by atoms with Crippen LogP contribution in [0.15, 0.2) is 36.5 Å². The van der Waals surface area contributed by atoms with Crippen molar-refractivity contribution in [2.45, 2.75) is 13.3 Å².